The molecule has 2 aliphatic rings. The third-order valence-corrected chi connectivity index (χ3v) is 4.30. The van der Waals surface area contributed by atoms with Gasteiger partial charge in [0, 0.05) is 12.6 Å². The molecule has 0 aromatic heterocycles. The molecule has 0 heterocycles. The van der Waals surface area contributed by atoms with Crippen LogP contribution in [0.4, 0.5) is 4.79 Å². The fourth-order valence-corrected chi connectivity index (χ4v) is 3.23. The first-order chi connectivity index (χ1) is 8.24. The zero-order valence-electron chi connectivity index (χ0n) is 11.0. The van der Waals surface area contributed by atoms with Crippen molar-refractivity contribution in [2.45, 2.75) is 64.3 Å². The highest BCUT2D eigenvalue weighted by atomic mass is 16.2. The number of carbonyl (C=O) groups excluding carboxylic acids is 1. The quantitative estimate of drug-likeness (QED) is 0.779. The first-order valence-electron chi connectivity index (χ1n) is 7.28. The number of hydrogen-bond donors (Lipinski definition) is 2. The first-order valence-corrected chi connectivity index (χ1v) is 7.28. The SMILES string of the molecule is CC1CCC(CNC(=O)NC2CCCCC2)C1. The summed E-state index contributed by atoms with van der Waals surface area (Å²) in [7, 11) is 0. The van der Waals surface area contributed by atoms with Crippen LogP contribution in [0.15, 0.2) is 0 Å². The minimum Gasteiger partial charge on any atom is -0.338 e. The van der Waals surface area contributed by atoms with E-state index in [4.69, 9.17) is 0 Å². The zero-order chi connectivity index (χ0) is 12.1. The Balaban J connectivity index is 1.60. The molecule has 0 bridgehead atoms. The molecule has 2 rings (SSSR count). The van der Waals surface area contributed by atoms with E-state index in [9.17, 15) is 4.79 Å². The maximum absolute atomic E-state index is 11.7. The van der Waals surface area contributed by atoms with Gasteiger partial charge in [-0.1, -0.05) is 32.6 Å². The zero-order valence-corrected chi connectivity index (χ0v) is 11.0. The monoisotopic (exact) mass is 238 g/mol. The van der Waals surface area contributed by atoms with Crippen LogP contribution in [0.2, 0.25) is 0 Å². The van der Waals surface area contributed by atoms with E-state index in [1.54, 1.807) is 0 Å². The smallest absolute Gasteiger partial charge is 0.315 e. The number of hydrogen-bond acceptors (Lipinski definition) is 1. The largest absolute Gasteiger partial charge is 0.338 e. The van der Waals surface area contributed by atoms with Crippen LogP contribution in [-0.4, -0.2) is 18.6 Å². The molecule has 0 aromatic rings. The highest BCUT2D eigenvalue weighted by molar-refractivity contribution is 5.74. The van der Waals surface area contributed by atoms with Crippen LogP contribution in [-0.2, 0) is 0 Å². The van der Waals surface area contributed by atoms with E-state index in [1.807, 2.05) is 0 Å². The van der Waals surface area contributed by atoms with Gasteiger partial charge in [-0.05, 0) is 37.5 Å². The Kier molecular flexibility index (Phi) is 4.69. The molecular formula is C14H26N2O. The fourth-order valence-electron chi connectivity index (χ4n) is 3.23. The molecule has 0 aromatic carbocycles. The average Bonchev–Trinajstić information content (AvgIpc) is 2.74. The van der Waals surface area contributed by atoms with E-state index in [0.717, 1.165) is 25.3 Å². The Morgan fingerprint density at radius 3 is 2.53 bits per heavy atom. The number of rotatable bonds is 3. The molecule has 17 heavy (non-hydrogen) atoms. The number of amides is 2. The van der Waals surface area contributed by atoms with E-state index >= 15 is 0 Å². The molecule has 0 spiro atoms. The van der Waals surface area contributed by atoms with Crippen molar-refractivity contribution in [1.82, 2.24) is 10.6 Å². The van der Waals surface area contributed by atoms with Gasteiger partial charge in [-0.25, -0.2) is 4.79 Å². The highest BCUT2D eigenvalue weighted by Crippen LogP contribution is 2.29. The van der Waals surface area contributed by atoms with Crippen molar-refractivity contribution in [3.8, 4) is 0 Å². The standard InChI is InChI=1S/C14H26N2O/c1-11-7-8-12(9-11)10-15-14(17)16-13-5-3-2-4-6-13/h11-13H,2-10H2,1H3,(H2,15,16,17). The molecule has 3 nitrogen and oxygen atoms in total. The molecule has 3 heteroatoms. The lowest BCUT2D eigenvalue weighted by Crippen LogP contribution is -2.44. The van der Waals surface area contributed by atoms with Crippen LogP contribution in [0, 0.1) is 11.8 Å². The van der Waals surface area contributed by atoms with Crippen molar-refractivity contribution in [2.24, 2.45) is 11.8 Å². The molecule has 2 saturated carbocycles. The lowest BCUT2D eigenvalue weighted by molar-refractivity contribution is 0.230. The molecule has 98 valence electrons. The van der Waals surface area contributed by atoms with Crippen LogP contribution >= 0.6 is 0 Å². The van der Waals surface area contributed by atoms with Gasteiger partial charge in [0.05, 0.1) is 0 Å². The molecule has 2 atom stereocenters. The summed E-state index contributed by atoms with van der Waals surface area (Å²) in [5, 5.41) is 6.15. The van der Waals surface area contributed by atoms with E-state index < -0.39 is 0 Å². The molecule has 2 amide bonds. The van der Waals surface area contributed by atoms with Crippen molar-refractivity contribution in [3.63, 3.8) is 0 Å². The van der Waals surface area contributed by atoms with Crippen LogP contribution in [0.1, 0.15) is 58.3 Å². The maximum Gasteiger partial charge on any atom is 0.315 e. The van der Waals surface area contributed by atoms with Gasteiger partial charge in [0.25, 0.3) is 0 Å². The Morgan fingerprint density at radius 1 is 1.12 bits per heavy atom. The number of urea groups is 1. The van der Waals surface area contributed by atoms with Crippen LogP contribution in [0.5, 0.6) is 0 Å². The van der Waals surface area contributed by atoms with Crippen molar-refractivity contribution in [1.29, 1.82) is 0 Å². The summed E-state index contributed by atoms with van der Waals surface area (Å²) in [6.45, 7) is 3.17. The predicted octanol–water partition coefficient (Wildman–Crippen LogP) is 3.05. The minimum absolute atomic E-state index is 0.0523. The third-order valence-electron chi connectivity index (χ3n) is 4.30. The average molecular weight is 238 g/mol. The second-order valence-corrected chi connectivity index (χ2v) is 5.97. The molecule has 2 aliphatic carbocycles. The summed E-state index contributed by atoms with van der Waals surface area (Å²) in [5.41, 5.74) is 0. The van der Waals surface area contributed by atoms with E-state index in [0.29, 0.717) is 12.0 Å². The van der Waals surface area contributed by atoms with Crippen molar-refractivity contribution < 1.29 is 4.79 Å². The Hall–Kier alpha value is -0.730. The van der Waals surface area contributed by atoms with E-state index in [1.165, 1.54) is 38.5 Å². The highest BCUT2D eigenvalue weighted by Gasteiger charge is 2.22. The Bertz CT molecular complexity index is 249. The Morgan fingerprint density at radius 2 is 1.88 bits per heavy atom. The third kappa shape index (κ3) is 4.21. The first kappa shape index (κ1) is 12.7. The normalized spacial score (nSPS) is 30.2. The summed E-state index contributed by atoms with van der Waals surface area (Å²) >= 11 is 0. The van der Waals surface area contributed by atoms with Gasteiger partial charge in [0.15, 0.2) is 0 Å². The van der Waals surface area contributed by atoms with Crippen LogP contribution in [0.25, 0.3) is 0 Å². The van der Waals surface area contributed by atoms with Crippen molar-refractivity contribution >= 4 is 6.03 Å². The summed E-state index contributed by atoms with van der Waals surface area (Å²) in [5.74, 6) is 1.56. The summed E-state index contributed by atoms with van der Waals surface area (Å²) in [6, 6.07) is 0.475. The minimum atomic E-state index is 0.0523. The van der Waals surface area contributed by atoms with Gasteiger partial charge in [0.2, 0.25) is 0 Å². The van der Waals surface area contributed by atoms with Crippen LogP contribution < -0.4 is 10.6 Å². The fraction of sp³-hybridized carbons (Fsp3) is 0.929. The summed E-state index contributed by atoms with van der Waals surface area (Å²) in [6.07, 6.45) is 10.1. The second kappa shape index (κ2) is 6.27. The van der Waals surface area contributed by atoms with Crippen molar-refractivity contribution in [3.05, 3.63) is 0 Å². The molecule has 2 fully saturated rings. The predicted molar refractivity (Wildman–Crippen MR) is 69.9 cm³/mol. The van der Waals surface area contributed by atoms with Gasteiger partial charge >= 0.3 is 6.03 Å². The summed E-state index contributed by atoms with van der Waals surface area (Å²) in [4.78, 5) is 11.7. The second-order valence-electron chi connectivity index (χ2n) is 5.97. The lowest BCUT2D eigenvalue weighted by Gasteiger charge is -2.23. The van der Waals surface area contributed by atoms with Crippen molar-refractivity contribution in [2.75, 3.05) is 6.54 Å². The van der Waals surface area contributed by atoms with Gasteiger partial charge in [-0.15, -0.1) is 0 Å². The number of nitrogens with one attached hydrogen (secondary N) is 2. The maximum atomic E-state index is 11.7. The lowest BCUT2D eigenvalue weighted by atomic mass is 9.96. The number of carbonyl (C=O) groups is 1. The molecule has 0 saturated heterocycles. The molecule has 2 unspecified atom stereocenters. The Labute approximate surface area is 105 Å². The molecular weight excluding hydrogens is 212 g/mol. The van der Waals surface area contributed by atoms with Gasteiger partial charge in [0.1, 0.15) is 0 Å². The molecule has 0 aliphatic heterocycles. The molecule has 0 radical (unpaired) electrons. The summed E-state index contributed by atoms with van der Waals surface area (Å²) < 4.78 is 0. The van der Waals surface area contributed by atoms with E-state index in [2.05, 4.69) is 17.6 Å². The molecule has 2 N–H and O–H groups in total. The van der Waals surface area contributed by atoms with Gasteiger partial charge < -0.3 is 10.6 Å². The van der Waals surface area contributed by atoms with Gasteiger partial charge in [-0.2, -0.15) is 0 Å². The topological polar surface area (TPSA) is 41.1 Å². The van der Waals surface area contributed by atoms with E-state index in [-0.39, 0.29) is 6.03 Å². The van der Waals surface area contributed by atoms with Gasteiger partial charge in [-0.3, -0.25) is 0 Å². The van der Waals surface area contributed by atoms with Crippen LogP contribution in [0.3, 0.4) is 0 Å².